The highest BCUT2D eigenvalue weighted by Crippen LogP contribution is 2.28. The lowest BCUT2D eigenvalue weighted by atomic mass is 10.2. The van der Waals surface area contributed by atoms with Gasteiger partial charge in [-0.1, -0.05) is 12.1 Å². The normalized spacial score (nSPS) is 10.9. The first-order valence-electron chi connectivity index (χ1n) is 6.78. The van der Waals surface area contributed by atoms with E-state index in [4.69, 9.17) is 9.47 Å². The maximum Gasteiger partial charge on any atom is 0.222 e. The van der Waals surface area contributed by atoms with E-state index in [0.717, 1.165) is 17.8 Å². The largest absolute Gasteiger partial charge is 0.436 e. The Balaban J connectivity index is 2.16. The summed E-state index contributed by atoms with van der Waals surface area (Å²) in [7, 11) is 3.44. The van der Waals surface area contributed by atoms with Gasteiger partial charge in [0.2, 0.25) is 5.88 Å². The van der Waals surface area contributed by atoms with Gasteiger partial charge in [-0.05, 0) is 19.1 Å². The van der Waals surface area contributed by atoms with Crippen LogP contribution in [0.2, 0.25) is 0 Å². The summed E-state index contributed by atoms with van der Waals surface area (Å²) in [5, 5.41) is 7.58. The number of ether oxygens (including phenoxy) is 2. The minimum Gasteiger partial charge on any atom is -0.436 e. The standard InChI is InChI=1S/C15H20FN3O2/c1-11-12(10-17-8-9-20-3)15(19(2)18-11)21-14-7-5-4-6-13(14)16/h4-7,17H,8-10H2,1-3H3. The number of rotatable bonds is 7. The molecule has 0 saturated heterocycles. The predicted molar refractivity (Wildman–Crippen MR) is 78.0 cm³/mol. The zero-order valence-corrected chi connectivity index (χ0v) is 12.5. The van der Waals surface area contributed by atoms with Crippen LogP contribution in [0, 0.1) is 12.7 Å². The molecule has 114 valence electrons. The van der Waals surface area contributed by atoms with Crippen molar-refractivity contribution < 1.29 is 13.9 Å². The van der Waals surface area contributed by atoms with Crippen LogP contribution in [0.15, 0.2) is 24.3 Å². The summed E-state index contributed by atoms with van der Waals surface area (Å²) in [4.78, 5) is 0. The smallest absolute Gasteiger partial charge is 0.222 e. The second-order valence-electron chi connectivity index (χ2n) is 4.69. The summed E-state index contributed by atoms with van der Waals surface area (Å²) in [6.07, 6.45) is 0. The van der Waals surface area contributed by atoms with Crippen LogP contribution in [-0.2, 0) is 18.3 Å². The Morgan fingerprint density at radius 2 is 2.10 bits per heavy atom. The van der Waals surface area contributed by atoms with E-state index in [1.165, 1.54) is 6.07 Å². The third kappa shape index (κ3) is 3.80. The highest BCUT2D eigenvalue weighted by atomic mass is 19.1. The average Bonchev–Trinajstić information content (AvgIpc) is 2.72. The average molecular weight is 293 g/mol. The van der Waals surface area contributed by atoms with Gasteiger partial charge >= 0.3 is 0 Å². The summed E-state index contributed by atoms with van der Waals surface area (Å²) in [5.41, 5.74) is 1.77. The molecule has 0 aliphatic carbocycles. The van der Waals surface area contributed by atoms with Gasteiger partial charge in [0.05, 0.1) is 17.9 Å². The fraction of sp³-hybridized carbons (Fsp3) is 0.400. The molecule has 0 amide bonds. The summed E-state index contributed by atoms with van der Waals surface area (Å²) in [6.45, 7) is 3.85. The second kappa shape index (κ2) is 7.19. The molecule has 1 N–H and O–H groups in total. The van der Waals surface area contributed by atoms with E-state index in [1.807, 2.05) is 6.92 Å². The number of nitrogens with one attached hydrogen (secondary N) is 1. The first-order valence-corrected chi connectivity index (χ1v) is 6.78. The van der Waals surface area contributed by atoms with E-state index in [0.29, 0.717) is 19.0 Å². The Labute approximate surface area is 123 Å². The summed E-state index contributed by atoms with van der Waals surface area (Å²) < 4.78 is 26.0. The summed E-state index contributed by atoms with van der Waals surface area (Å²) in [5.74, 6) is 0.343. The lowest BCUT2D eigenvalue weighted by Crippen LogP contribution is -2.19. The van der Waals surface area contributed by atoms with Crippen molar-refractivity contribution >= 4 is 0 Å². The van der Waals surface area contributed by atoms with Gasteiger partial charge in [0.1, 0.15) is 0 Å². The Kier molecular flexibility index (Phi) is 5.30. The Morgan fingerprint density at radius 3 is 2.81 bits per heavy atom. The number of hydrogen-bond donors (Lipinski definition) is 1. The number of aryl methyl sites for hydroxylation is 2. The Morgan fingerprint density at radius 1 is 1.33 bits per heavy atom. The molecule has 1 aromatic heterocycles. The second-order valence-corrected chi connectivity index (χ2v) is 4.69. The Bertz CT molecular complexity index is 599. The monoisotopic (exact) mass is 293 g/mol. The molecule has 2 rings (SSSR count). The van der Waals surface area contributed by atoms with Crippen molar-refractivity contribution in [1.82, 2.24) is 15.1 Å². The van der Waals surface area contributed by atoms with Gasteiger partial charge in [-0.25, -0.2) is 9.07 Å². The number of nitrogens with zero attached hydrogens (tertiary/aromatic N) is 2. The SMILES string of the molecule is COCCNCc1c(C)nn(C)c1Oc1ccccc1F. The molecular weight excluding hydrogens is 273 g/mol. The molecule has 2 aromatic rings. The van der Waals surface area contributed by atoms with E-state index in [1.54, 1.807) is 37.0 Å². The number of aromatic nitrogens is 2. The molecule has 0 bridgehead atoms. The molecule has 5 nitrogen and oxygen atoms in total. The topological polar surface area (TPSA) is 48.3 Å². The van der Waals surface area contributed by atoms with E-state index >= 15 is 0 Å². The van der Waals surface area contributed by atoms with Crippen LogP contribution in [0.5, 0.6) is 11.6 Å². The lowest BCUT2D eigenvalue weighted by molar-refractivity contribution is 0.199. The van der Waals surface area contributed by atoms with Crippen LogP contribution in [-0.4, -0.2) is 30.0 Å². The van der Waals surface area contributed by atoms with E-state index < -0.39 is 5.82 Å². The van der Waals surface area contributed by atoms with Gasteiger partial charge in [0, 0.05) is 27.2 Å². The molecule has 6 heteroatoms. The van der Waals surface area contributed by atoms with E-state index in [2.05, 4.69) is 10.4 Å². The first-order chi connectivity index (χ1) is 10.1. The van der Waals surface area contributed by atoms with E-state index in [9.17, 15) is 4.39 Å². The number of hydrogen-bond acceptors (Lipinski definition) is 4. The lowest BCUT2D eigenvalue weighted by Gasteiger charge is -2.10. The summed E-state index contributed by atoms with van der Waals surface area (Å²) in [6, 6.07) is 6.33. The van der Waals surface area contributed by atoms with Crippen LogP contribution in [0.4, 0.5) is 4.39 Å². The van der Waals surface area contributed by atoms with Crippen molar-refractivity contribution in [2.45, 2.75) is 13.5 Å². The zero-order valence-electron chi connectivity index (χ0n) is 12.5. The first kappa shape index (κ1) is 15.5. The highest BCUT2D eigenvalue weighted by Gasteiger charge is 2.16. The molecule has 0 radical (unpaired) electrons. The highest BCUT2D eigenvalue weighted by molar-refractivity contribution is 5.36. The van der Waals surface area contributed by atoms with Gasteiger partial charge in [0.15, 0.2) is 11.6 Å². The molecule has 1 heterocycles. The van der Waals surface area contributed by atoms with Crippen LogP contribution in [0.3, 0.4) is 0 Å². The van der Waals surface area contributed by atoms with Crippen molar-refractivity contribution in [3.05, 3.63) is 41.3 Å². The number of halogens is 1. The predicted octanol–water partition coefficient (Wildman–Crippen LogP) is 2.40. The maximum atomic E-state index is 13.7. The maximum absolute atomic E-state index is 13.7. The van der Waals surface area contributed by atoms with Crippen molar-refractivity contribution in [3.8, 4) is 11.6 Å². The van der Waals surface area contributed by atoms with Crippen LogP contribution in [0.25, 0.3) is 0 Å². The quantitative estimate of drug-likeness (QED) is 0.796. The number of benzene rings is 1. The van der Waals surface area contributed by atoms with Gasteiger partial charge in [-0.3, -0.25) is 0 Å². The molecule has 0 unspecified atom stereocenters. The summed E-state index contributed by atoms with van der Waals surface area (Å²) >= 11 is 0. The van der Waals surface area contributed by atoms with Gasteiger partial charge in [-0.15, -0.1) is 0 Å². The van der Waals surface area contributed by atoms with Crippen LogP contribution in [0.1, 0.15) is 11.3 Å². The minimum atomic E-state index is -0.394. The van der Waals surface area contributed by atoms with Gasteiger partial charge in [-0.2, -0.15) is 5.10 Å². The molecule has 0 aliphatic heterocycles. The Hall–Kier alpha value is -1.92. The van der Waals surface area contributed by atoms with Crippen molar-refractivity contribution in [2.24, 2.45) is 7.05 Å². The van der Waals surface area contributed by atoms with Crippen LogP contribution < -0.4 is 10.1 Å². The molecule has 21 heavy (non-hydrogen) atoms. The van der Waals surface area contributed by atoms with Crippen molar-refractivity contribution in [1.29, 1.82) is 0 Å². The number of methoxy groups -OCH3 is 1. The van der Waals surface area contributed by atoms with E-state index in [-0.39, 0.29) is 5.75 Å². The molecule has 0 aliphatic rings. The van der Waals surface area contributed by atoms with Gasteiger partial charge < -0.3 is 14.8 Å². The molecule has 0 spiro atoms. The fourth-order valence-electron chi connectivity index (χ4n) is 2.03. The third-order valence-electron chi connectivity index (χ3n) is 3.12. The molecule has 0 atom stereocenters. The van der Waals surface area contributed by atoms with Gasteiger partial charge in [0.25, 0.3) is 0 Å². The molecule has 1 aromatic carbocycles. The van der Waals surface area contributed by atoms with Crippen LogP contribution >= 0.6 is 0 Å². The third-order valence-corrected chi connectivity index (χ3v) is 3.12. The molecule has 0 saturated carbocycles. The van der Waals surface area contributed by atoms with Crippen molar-refractivity contribution in [2.75, 3.05) is 20.3 Å². The zero-order chi connectivity index (χ0) is 15.2. The number of para-hydroxylation sites is 1. The molecule has 0 fully saturated rings. The minimum absolute atomic E-state index is 0.193. The fourth-order valence-corrected chi connectivity index (χ4v) is 2.03. The molecular formula is C15H20FN3O2. The van der Waals surface area contributed by atoms with Crippen molar-refractivity contribution in [3.63, 3.8) is 0 Å².